The van der Waals surface area contributed by atoms with Crippen molar-refractivity contribution in [1.29, 1.82) is 0 Å². The monoisotopic (exact) mass is 753 g/mol. The molecule has 1 unspecified atom stereocenters. The number of aliphatic hydroxyl groups is 1. The highest BCUT2D eigenvalue weighted by Gasteiger charge is 2.61. The highest BCUT2D eigenvalue weighted by Crippen LogP contribution is 2.56. The standard InChI is InChI=1S/C42H56ClNO9/c1-5-6-7-8-9-10-11-12-13-14-15-16-17-18-21-44-35(46)24-29(28-19-20-31-32(23-28)52-26-51-31)36-30(45)22-27(2)42(40(36)47)41(48)37-33(49-3)25-34(50-4)38(43)39(37)53-42/h19-20,23,25,27,29,47H,5-18,21-22,24,26H2,1-4H3,(H,44,46)/t27-,29?,42+/m1/s1. The van der Waals surface area contributed by atoms with Crippen LogP contribution in [0.3, 0.4) is 0 Å². The van der Waals surface area contributed by atoms with Crippen molar-refractivity contribution < 1.29 is 43.2 Å². The zero-order valence-corrected chi connectivity index (χ0v) is 32.5. The van der Waals surface area contributed by atoms with Crippen LogP contribution in [0.4, 0.5) is 0 Å². The Morgan fingerprint density at radius 2 is 1.51 bits per heavy atom. The molecular formula is C42H56ClNO9. The van der Waals surface area contributed by atoms with Crippen LogP contribution in [0.2, 0.25) is 5.02 Å². The number of aliphatic hydroxyl groups excluding tert-OH is 1. The maximum absolute atomic E-state index is 14.4. The van der Waals surface area contributed by atoms with Gasteiger partial charge in [-0.25, -0.2) is 0 Å². The first-order valence-electron chi connectivity index (χ1n) is 19.5. The maximum Gasteiger partial charge on any atom is 0.231 e. The minimum Gasteiger partial charge on any atom is -0.507 e. The second kappa shape index (κ2) is 18.9. The molecule has 1 aliphatic carbocycles. The predicted molar refractivity (Wildman–Crippen MR) is 204 cm³/mol. The molecule has 5 rings (SSSR count). The van der Waals surface area contributed by atoms with E-state index in [-0.39, 0.29) is 64.7 Å². The number of hydrogen-bond donors (Lipinski definition) is 2. The highest BCUT2D eigenvalue weighted by molar-refractivity contribution is 6.35. The smallest absolute Gasteiger partial charge is 0.231 e. The Morgan fingerprint density at radius 3 is 2.13 bits per heavy atom. The van der Waals surface area contributed by atoms with E-state index in [9.17, 15) is 19.5 Å². The molecule has 53 heavy (non-hydrogen) atoms. The molecule has 1 amide bonds. The Hall–Kier alpha value is -3.92. The summed E-state index contributed by atoms with van der Waals surface area (Å²) in [4.78, 5) is 41.8. The lowest BCUT2D eigenvalue weighted by Gasteiger charge is -2.38. The zero-order valence-electron chi connectivity index (χ0n) is 31.8. The number of rotatable bonds is 21. The maximum atomic E-state index is 14.4. The van der Waals surface area contributed by atoms with E-state index in [4.69, 9.17) is 35.3 Å². The molecule has 2 aromatic rings. The minimum absolute atomic E-state index is 0.00510. The topological polar surface area (TPSA) is 130 Å². The summed E-state index contributed by atoms with van der Waals surface area (Å²) >= 11 is 6.63. The van der Waals surface area contributed by atoms with E-state index in [2.05, 4.69) is 12.2 Å². The van der Waals surface area contributed by atoms with Crippen molar-refractivity contribution in [2.75, 3.05) is 27.6 Å². The van der Waals surface area contributed by atoms with Crippen LogP contribution in [-0.2, 0) is 9.59 Å². The van der Waals surface area contributed by atoms with Crippen LogP contribution in [0.15, 0.2) is 35.6 Å². The molecule has 290 valence electrons. The molecule has 0 saturated carbocycles. The summed E-state index contributed by atoms with van der Waals surface area (Å²) in [6.07, 6.45) is 17.2. The molecule has 2 N–H and O–H groups in total. The van der Waals surface area contributed by atoms with Gasteiger partial charge >= 0.3 is 0 Å². The van der Waals surface area contributed by atoms with E-state index >= 15 is 0 Å². The number of benzene rings is 2. The lowest BCUT2D eigenvalue weighted by Crippen LogP contribution is -2.53. The Balaban J connectivity index is 1.26. The summed E-state index contributed by atoms with van der Waals surface area (Å²) < 4.78 is 28.4. The number of carbonyl (C=O) groups excluding carboxylic acids is 3. The van der Waals surface area contributed by atoms with E-state index in [0.717, 1.165) is 19.3 Å². The third kappa shape index (κ3) is 8.90. The molecule has 10 nitrogen and oxygen atoms in total. The molecule has 0 bridgehead atoms. The number of ether oxygens (including phenoxy) is 5. The average molecular weight is 754 g/mol. The molecule has 2 aliphatic heterocycles. The summed E-state index contributed by atoms with van der Waals surface area (Å²) in [5.41, 5.74) is -1.41. The second-order valence-corrected chi connectivity index (χ2v) is 15.0. The van der Waals surface area contributed by atoms with E-state index < -0.39 is 29.0 Å². The summed E-state index contributed by atoms with van der Waals surface area (Å²) in [6.45, 7) is 4.47. The predicted octanol–water partition coefficient (Wildman–Crippen LogP) is 9.59. The number of ketones is 2. The largest absolute Gasteiger partial charge is 0.507 e. The number of amides is 1. The van der Waals surface area contributed by atoms with Crippen molar-refractivity contribution in [1.82, 2.24) is 5.32 Å². The fourth-order valence-corrected chi connectivity index (χ4v) is 8.12. The zero-order chi connectivity index (χ0) is 38.0. The Kier molecular flexibility index (Phi) is 14.4. The van der Waals surface area contributed by atoms with Gasteiger partial charge in [-0.1, -0.05) is 115 Å². The third-order valence-electron chi connectivity index (χ3n) is 10.9. The van der Waals surface area contributed by atoms with E-state index in [1.807, 2.05) is 0 Å². The number of methoxy groups -OCH3 is 2. The number of halogens is 1. The Bertz CT molecular complexity index is 1660. The van der Waals surface area contributed by atoms with Crippen LogP contribution < -0.4 is 29.0 Å². The lowest BCUT2D eigenvalue weighted by atomic mass is 9.69. The first-order chi connectivity index (χ1) is 25.7. The summed E-state index contributed by atoms with van der Waals surface area (Å²) in [5.74, 6) is -2.07. The van der Waals surface area contributed by atoms with Crippen molar-refractivity contribution in [3.63, 3.8) is 0 Å². The Labute approximate surface area is 318 Å². The number of carbonyl (C=O) groups is 3. The molecule has 2 aromatic carbocycles. The molecule has 2 heterocycles. The highest BCUT2D eigenvalue weighted by atomic mass is 35.5. The molecule has 1 spiro atoms. The summed E-state index contributed by atoms with van der Waals surface area (Å²) in [5, 5.41) is 15.2. The van der Waals surface area contributed by atoms with Gasteiger partial charge in [0.2, 0.25) is 24.1 Å². The second-order valence-electron chi connectivity index (χ2n) is 14.6. The average Bonchev–Trinajstić information content (AvgIpc) is 3.75. The van der Waals surface area contributed by atoms with Crippen LogP contribution in [0, 0.1) is 5.92 Å². The van der Waals surface area contributed by atoms with Gasteiger partial charge in [-0.05, 0) is 24.1 Å². The third-order valence-corrected chi connectivity index (χ3v) is 11.3. The fraction of sp³-hybridized carbons (Fsp3) is 0.595. The van der Waals surface area contributed by atoms with Crippen LogP contribution in [-0.4, -0.2) is 55.7 Å². The van der Waals surface area contributed by atoms with Crippen molar-refractivity contribution in [3.05, 3.63) is 51.7 Å². The molecular weight excluding hydrogens is 698 g/mol. The SMILES string of the molecule is CCCCCCCCCCCCCCCCNC(=O)CC(C1=C(O)[C@@]2(Oc3c(Cl)c(OC)cc(OC)c3C2=O)[C@H](C)CC1=O)c1ccc2c(c1)OCO2. The number of nitrogens with one attached hydrogen (secondary N) is 1. The molecule has 0 fully saturated rings. The van der Waals surface area contributed by atoms with Crippen LogP contribution in [0.25, 0.3) is 0 Å². The normalized spacial score (nSPS) is 19.4. The number of Topliss-reactive ketones (excluding diaryl/α,β-unsaturated/α-hetero) is 2. The first-order valence-corrected chi connectivity index (χ1v) is 19.9. The van der Waals surface area contributed by atoms with Crippen molar-refractivity contribution in [2.24, 2.45) is 5.92 Å². The number of hydrogen-bond acceptors (Lipinski definition) is 9. The van der Waals surface area contributed by atoms with Gasteiger partial charge in [0, 0.05) is 42.9 Å². The molecule has 0 saturated heterocycles. The van der Waals surface area contributed by atoms with Crippen molar-refractivity contribution in [2.45, 2.75) is 128 Å². The minimum atomic E-state index is -1.96. The Morgan fingerprint density at radius 1 is 0.906 bits per heavy atom. The summed E-state index contributed by atoms with van der Waals surface area (Å²) in [7, 11) is 2.83. The van der Waals surface area contributed by atoms with Gasteiger partial charge in [0.25, 0.3) is 0 Å². The van der Waals surface area contributed by atoms with Gasteiger partial charge in [-0.15, -0.1) is 0 Å². The van der Waals surface area contributed by atoms with Crippen LogP contribution >= 0.6 is 11.6 Å². The summed E-state index contributed by atoms with van der Waals surface area (Å²) in [6, 6.07) is 6.65. The van der Waals surface area contributed by atoms with Gasteiger partial charge in [0.1, 0.15) is 22.1 Å². The van der Waals surface area contributed by atoms with Gasteiger partial charge < -0.3 is 34.1 Å². The van der Waals surface area contributed by atoms with Crippen molar-refractivity contribution >= 4 is 29.1 Å². The number of allylic oxidation sites excluding steroid dienone is 1. The molecule has 11 heteroatoms. The molecule has 3 atom stereocenters. The van der Waals surface area contributed by atoms with E-state index in [1.165, 1.54) is 90.9 Å². The number of fused-ring (bicyclic) bond motifs is 2. The fourth-order valence-electron chi connectivity index (χ4n) is 7.86. The van der Waals surface area contributed by atoms with E-state index in [1.54, 1.807) is 25.1 Å². The van der Waals surface area contributed by atoms with Crippen LogP contribution in [0.1, 0.15) is 138 Å². The quantitative estimate of drug-likeness (QED) is 0.120. The number of unbranched alkanes of at least 4 members (excludes halogenated alkanes) is 13. The van der Waals surface area contributed by atoms with E-state index in [0.29, 0.717) is 23.6 Å². The van der Waals surface area contributed by atoms with Crippen molar-refractivity contribution in [3.8, 4) is 28.7 Å². The van der Waals surface area contributed by atoms with Crippen LogP contribution in [0.5, 0.6) is 28.7 Å². The van der Waals surface area contributed by atoms with Gasteiger partial charge in [-0.3, -0.25) is 14.4 Å². The van der Waals surface area contributed by atoms with Gasteiger partial charge in [-0.2, -0.15) is 0 Å². The first kappa shape index (κ1) is 40.3. The molecule has 0 aromatic heterocycles. The molecule has 3 aliphatic rings. The lowest BCUT2D eigenvalue weighted by molar-refractivity contribution is -0.121. The van der Waals surface area contributed by atoms with Gasteiger partial charge in [0.15, 0.2) is 28.8 Å². The molecule has 0 radical (unpaired) electrons. The van der Waals surface area contributed by atoms with Gasteiger partial charge in [0.05, 0.1) is 14.2 Å².